The lowest BCUT2D eigenvalue weighted by atomic mass is 9.90. The molecule has 2 fully saturated rings. The summed E-state index contributed by atoms with van der Waals surface area (Å²) in [7, 11) is 1.63. The SMILES string of the molecule is COC1(C(=O)N2CCN(C(=O)C(C)C)CC2)CCNCC1.Cl. The molecule has 0 radical (unpaired) electrons. The van der Waals surface area contributed by atoms with Gasteiger partial charge in [-0.1, -0.05) is 13.8 Å². The normalized spacial score (nSPS) is 21.5. The Morgan fingerprint density at radius 3 is 2.00 bits per heavy atom. The lowest BCUT2D eigenvalue weighted by Crippen LogP contribution is -2.60. The molecule has 1 N–H and O–H groups in total. The molecule has 128 valence electrons. The van der Waals surface area contributed by atoms with E-state index >= 15 is 0 Å². The van der Waals surface area contributed by atoms with E-state index < -0.39 is 5.60 Å². The molecule has 0 bridgehead atoms. The van der Waals surface area contributed by atoms with Crippen molar-refractivity contribution in [1.82, 2.24) is 15.1 Å². The number of hydrogen-bond acceptors (Lipinski definition) is 4. The van der Waals surface area contributed by atoms with Crippen LogP contribution < -0.4 is 5.32 Å². The second kappa shape index (κ2) is 8.13. The first-order chi connectivity index (χ1) is 10.00. The summed E-state index contributed by atoms with van der Waals surface area (Å²) in [5.41, 5.74) is -0.671. The van der Waals surface area contributed by atoms with Gasteiger partial charge in [0.15, 0.2) is 0 Å². The molecule has 2 aliphatic heterocycles. The van der Waals surface area contributed by atoms with Gasteiger partial charge in [0.2, 0.25) is 5.91 Å². The molecule has 0 unspecified atom stereocenters. The minimum Gasteiger partial charge on any atom is -0.368 e. The molecule has 6 nitrogen and oxygen atoms in total. The number of amides is 2. The van der Waals surface area contributed by atoms with Gasteiger partial charge >= 0.3 is 0 Å². The largest absolute Gasteiger partial charge is 0.368 e. The maximum absolute atomic E-state index is 12.8. The maximum atomic E-state index is 12.8. The highest BCUT2D eigenvalue weighted by atomic mass is 35.5. The van der Waals surface area contributed by atoms with Crippen LogP contribution in [0.3, 0.4) is 0 Å². The molecule has 0 aliphatic carbocycles. The molecule has 0 atom stereocenters. The number of halogens is 1. The zero-order chi connectivity index (χ0) is 15.5. The van der Waals surface area contributed by atoms with Crippen molar-refractivity contribution in [3.63, 3.8) is 0 Å². The molecule has 0 aromatic rings. The van der Waals surface area contributed by atoms with Gasteiger partial charge in [-0.25, -0.2) is 0 Å². The maximum Gasteiger partial charge on any atom is 0.255 e. The average Bonchev–Trinajstić information content (AvgIpc) is 2.54. The van der Waals surface area contributed by atoms with Crippen LogP contribution >= 0.6 is 12.4 Å². The molecule has 2 saturated heterocycles. The number of nitrogens with zero attached hydrogens (tertiary/aromatic N) is 2. The summed E-state index contributed by atoms with van der Waals surface area (Å²) < 4.78 is 5.59. The first-order valence-electron chi connectivity index (χ1n) is 7.84. The van der Waals surface area contributed by atoms with Gasteiger partial charge in [0.1, 0.15) is 5.60 Å². The summed E-state index contributed by atoms with van der Waals surface area (Å²) in [4.78, 5) is 28.5. The zero-order valence-electron chi connectivity index (χ0n) is 13.8. The van der Waals surface area contributed by atoms with Gasteiger partial charge < -0.3 is 19.9 Å². The van der Waals surface area contributed by atoms with Gasteiger partial charge in [0.05, 0.1) is 0 Å². The summed E-state index contributed by atoms with van der Waals surface area (Å²) in [5.74, 6) is 0.274. The van der Waals surface area contributed by atoms with Crippen molar-refractivity contribution in [3.05, 3.63) is 0 Å². The number of rotatable bonds is 3. The molecule has 2 aliphatic rings. The van der Waals surface area contributed by atoms with Crippen molar-refractivity contribution in [3.8, 4) is 0 Å². The third-order valence-electron chi connectivity index (χ3n) is 4.56. The Labute approximate surface area is 138 Å². The van der Waals surface area contributed by atoms with E-state index in [2.05, 4.69) is 5.32 Å². The van der Waals surface area contributed by atoms with Gasteiger partial charge in [-0.15, -0.1) is 12.4 Å². The summed E-state index contributed by atoms with van der Waals surface area (Å²) in [5, 5.41) is 3.26. The predicted molar refractivity (Wildman–Crippen MR) is 87.1 cm³/mol. The Morgan fingerprint density at radius 1 is 1.05 bits per heavy atom. The number of ether oxygens (including phenoxy) is 1. The van der Waals surface area contributed by atoms with E-state index in [9.17, 15) is 9.59 Å². The Morgan fingerprint density at radius 2 is 1.55 bits per heavy atom. The molecule has 7 heteroatoms. The highest BCUT2D eigenvalue weighted by molar-refractivity contribution is 5.86. The van der Waals surface area contributed by atoms with E-state index in [1.165, 1.54) is 0 Å². The topological polar surface area (TPSA) is 61.9 Å². The molecule has 2 heterocycles. The van der Waals surface area contributed by atoms with Crippen molar-refractivity contribution >= 4 is 24.2 Å². The van der Waals surface area contributed by atoms with Gasteiger partial charge in [-0.05, 0) is 25.9 Å². The van der Waals surface area contributed by atoms with Crippen LogP contribution in [-0.2, 0) is 14.3 Å². The van der Waals surface area contributed by atoms with E-state index in [1.807, 2.05) is 23.6 Å². The van der Waals surface area contributed by atoms with Crippen molar-refractivity contribution in [2.24, 2.45) is 5.92 Å². The molecule has 0 saturated carbocycles. The summed E-state index contributed by atoms with van der Waals surface area (Å²) in [6.45, 7) is 7.91. The molecule has 2 rings (SSSR count). The fourth-order valence-corrected chi connectivity index (χ4v) is 3.12. The third-order valence-corrected chi connectivity index (χ3v) is 4.56. The van der Waals surface area contributed by atoms with E-state index in [4.69, 9.17) is 4.74 Å². The van der Waals surface area contributed by atoms with Crippen LogP contribution in [0, 0.1) is 5.92 Å². The van der Waals surface area contributed by atoms with E-state index in [0.717, 1.165) is 13.1 Å². The van der Waals surface area contributed by atoms with Gasteiger partial charge in [0, 0.05) is 39.2 Å². The first-order valence-corrected chi connectivity index (χ1v) is 7.84. The Hall–Kier alpha value is -0.850. The minimum absolute atomic E-state index is 0. The summed E-state index contributed by atoms with van der Waals surface area (Å²) >= 11 is 0. The predicted octanol–water partition coefficient (Wildman–Crippen LogP) is 0.504. The van der Waals surface area contributed by atoms with Gasteiger partial charge in [0.25, 0.3) is 5.91 Å². The fourth-order valence-electron chi connectivity index (χ4n) is 3.12. The first kappa shape index (κ1) is 19.2. The number of hydrogen-bond donors (Lipinski definition) is 1. The number of piperidine rings is 1. The molecule has 2 amide bonds. The number of carbonyl (C=O) groups is 2. The Kier molecular flexibility index (Phi) is 7.09. The molecular formula is C15H28ClN3O3. The van der Waals surface area contributed by atoms with Gasteiger partial charge in [-0.3, -0.25) is 9.59 Å². The van der Waals surface area contributed by atoms with Crippen molar-refractivity contribution in [2.45, 2.75) is 32.3 Å². The lowest BCUT2D eigenvalue weighted by molar-refractivity contribution is -0.161. The number of nitrogens with one attached hydrogen (secondary N) is 1. The van der Waals surface area contributed by atoms with E-state index in [1.54, 1.807) is 7.11 Å². The minimum atomic E-state index is -0.671. The van der Waals surface area contributed by atoms with Crippen LogP contribution in [0.2, 0.25) is 0 Å². The summed E-state index contributed by atoms with van der Waals surface area (Å²) in [6, 6.07) is 0. The van der Waals surface area contributed by atoms with Crippen LogP contribution in [0.5, 0.6) is 0 Å². The number of methoxy groups -OCH3 is 1. The Balaban J connectivity index is 0.00000242. The van der Waals surface area contributed by atoms with Crippen LogP contribution in [0.1, 0.15) is 26.7 Å². The second-order valence-corrected chi connectivity index (χ2v) is 6.22. The van der Waals surface area contributed by atoms with Gasteiger partial charge in [-0.2, -0.15) is 0 Å². The van der Waals surface area contributed by atoms with Crippen molar-refractivity contribution in [1.29, 1.82) is 0 Å². The highest BCUT2D eigenvalue weighted by Gasteiger charge is 2.43. The van der Waals surface area contributed by atoms with Crippen LogP contribution in [0.25, 0.3) is 0 Å². The molecule has 22 heavy (non-hydrogen) atoms. The lowest BCUT2D eigenvalue weighted by Gasteiger charge is -2.42. The third kappa shape index (κ3) is 3.91. The second-order valence-electron chi connectivity index (χ2n) is 6.22. The van der Waals surface area contributed by atoms with E-state index in [0.29, 0.717) is 39.0 Å². The molecular weight excluding hydrogens is 306 g/mol. The monoisotopic (exact) mass is 333 g/mol. The quantitative estimate of drug-likeness (QED) is 0.817. The highest BCUT2D eigenvalue weighted by Crippen LogP contribution is 2.25. The van der Waals surface area contributed by atoms with Crippen molar-refractivity contribution in [2.75, 3.05) is 46.4 Å². The van der Waals surface area contributed by atoms with Crippen LogP contribution in [0.15, 0.2) is 0 Å². The molecule has 0 spiro atoms. The zero-order valence-corrected chi connectivity index (χ0v) is 14.6. The van der Waals surface area contributed by atoms with Crippen LogP contribution in [0.4, 0.5) is 0 Å². The number of piperazine rings is 1. The molecule has 0 aromatic carbocycles. The fraction of sp³-hybridized carbons (Fsp3) is 0.867. The smallest absolute Gasteiger partial charge is 0.255 e. The van der Waals surface area contributed by atoms with Crippen LogP contribution in [-0.4, -0.2) is 73.6 Å². The van der Waals surface area contributed by atoms with Crippen molar-refractivity contribution < 1.29 is 14.3 Å². The van der Waals surface area contributed by atoms with E-state index in [-0.39, 0.29) is 30.1 Å². The number of carbonyl (C=O) groups excluding carboxylic acids is 2. The summed E-state index contributed by atoms with van der Waals surface area (Å²) in [6.07, 6.45) is 1.43. The average molecular weight is 334 g/mol. The standard InChI is InChI=1S/C15H27N3O3.ClH/c1-12(2)13(19)17-8-10-18(11-9-17)14(20)15(21-3)4-6-16-7-5-15;/h12,16H,4-11H2,1-3H3;1H. The Bertz CT molecular complexity index is 389. The molecule has 0 aromatic heterocycles.